The predicted molar refractivity (Wildman–Crippen MR) is 80.5 cm³/mol. The molecule has 7 heteroatoms. The maximum atomic E-state index is 11.9. The smallest absolute Gasteiger partial charge is 0.246 e. The summed E-state index contributed by atoms with van der Waals surface area (Å²) in [6, 6.07) is 3.95. The van der Waals surface area contributed by atoms with Crippen molar-refractivity contribution < 1.29 is 14.7 Å². The zero-order chi connectivity index (χ0) is 15.2. The van der Waals surface area contributed by atoms with Crippen molar-refractivity contribution >= 4 is 23.2 Å². The molecular weight excluding hydrogens is 290 g/mol. The van der Waals surface area contributed by atoms with E-state index in [1.54, 1.807) is 11.3 Å². The molecule has 1 atom stereocenters. The van der Waals surface area contributed by atoms with Gasteiger partial charge in [-0.05, 0) is 43.3 Å². The second kappa shape index (κ2) is 7.53. The Morgan fingerprint density at radius 3 is 2.76 bits per heavy atom. The summed E-state index contributed by atoms with van der Waals surface area (Å²) < 4.78 is 0. The second-order valence-electron chi connectivity index (χ2n) is 5.32. The van der Waals surface area contributed by atoms with E-state index >= 15 is 0 Å². The minimum atomic E-state index is -1.07. The third-order valence-corrected chi connectivity index (χ3v) is 4.65. The van der Waals surface area contributed by atoms with Crippen molar-refractivity contribution in [1.29, 1.82) is 0 Å². The van der Waals surface area contributed by atoms with Gasteiger partial charge < -0.3 is 16.2 Å². The number of nitrogens with one attached hydrogen (secondary N) is 1. The fourth-order valence-corrected chi connectivity index (χ4v) is 3.16. The van der Waals surface area contributed by atoms with Gasteiger partial charge in [0.1, 0.15) is 6.10 Å². The molecule has 0 spiro atoms. The van der Waals surface area contributed by atoms with Gasteiger partial charge in [-0.3, -0.25) is 14.5 Å². The molecule has 1 aromatic heterocycles. The molecule has 21 heavy (non-hydrogen) atoms. The summed E-state index contributed by atoms with van der Waals surface area (Å²) in [6.07, 6.45) is 0.296. The summed E-state index contributed by atoms with van der Waals surface area (Å²) in [7, 11) is 0. The summed E-state index contributed by atoms with van der Waals surface area (Å²) in [6.45, 7) is 2.31. The van der Waals surface area contributed by atoms with Crippen LogP contribution in [0.15, 0.2) is 17.5 Å². The molecule has 0 saturated carbocycles. The Labute approximate surface area is 127 Å². The number of aliphatic hydroxyl groups excluding tert-OH is 1. The van der Waals surface area contributed by atoms with Crippen LogP contribution in [0.1, 0.15) is 17.7 Å². The lowest BCUT2D eigenvalue weighted by Gasteiger charge is -2.32. The Morgan fingerprint density at radius 2 is 2.19 bits per heavy atom. The summed E-state index contributed by atoms with van der Waals surface area (Å²) in [5, 5.41) is 14.5. The number of amides is 2. The van der Waals surface area contributed by atoms with Gasteiger partial charge in [0.15, 0.2) is 0 Å². The minimum Gasteiger partial charge on any atom is -0.383 e. The summed E-state index contributed by atoms with van der Waals surface area (Å²) in [5.41, 5.74) is 5.10. The third-order valence-electron chi connectivity index (χ3n) is 3.78. The van der Waals surface area contributed by atoms with Gasteiger partial charge in [-0.25, -0.2) is 0 Å². The lowest BCUT2D eigenvalue weighted by Crippen LogP contribution is -2.45. The number of nitrogens with two attached hydrogens (primary N) is 1. The van der Waals surface area contributed by atoms with Crippen LogP contribution in [0.4, 0.5) is 0 Å². The Kier molecular flexibility index (Phi) is 5.72. The van der Waals surface area contributed by atoms with E-state index in [2.05, 4.69) is 5.32 Å². The summed E-state index contributed by atoms with van der Waals surface area (Å²) in [4.78, 5) is 26.0. The van der Waals surface area contributed by atoms with Gasteiger partial charge in [0.25, 0.3) is 0 Å². The quantitative estimate of drug-likeness (QED) is 0.685. The van der Waals surface area contributed by atoms with Crippen LogP contribution in [0.3, 0.4) is 0 Å². The Morgan fingerprint density at radius 1 is 1.48 bits per heavy atom. The van der Waals surface area contributed by atoms with E-state index in [9.17, 15) is 14.7 Å². The van der Waals surface area contributed by atoms with Crippen LogP contribution in [0.5, 0.6) is 0 Å². The molecular formula is C14H21N3O3S. The summed E-state index contributed by atoms with van der Waals surface area (Å²) in [5.74, 6) is -0.757. The lowest BCUT2D eigenvalue weighted by molar-refractivity contribution is -0.130. The standard InChI is InChI=1S/C14H21N3O3S/c15-14(20)13(19)10-3-5-17(6-4-10)9-12(18)16-8-11-2-1-7-21-11/h1-2,7,10,13,19H,3-6,8-9H2,(H2,15,20)(H,16,18)/t13-/m0/s1. The molecule has 0 bridgehead atoms. The topological polar surface area (TPSA) is 95.7 Å². The summed E-state index contributed by atoms with van der Waals surface area (Å²) >= 11 is 1.62. The van der Waals surface area contributed by atoms with E-state index in [1.165, 1.54) is 0 Å². The molecule has 0 unspecified atom stereocenters. The Hall–Kier alpha value is -1.44. The van der Waals surface area contributed by atoms with Crippen LogP contribution in [-0.4, -0.2) is 47.6 Å². The van der Waals surface area contributed by atoms with Crippen molar-refractivity contribution in [2.45, 2.75) is 25.5 Å². The Balaban J connectivity index is 1.68. The van der Waals surface area contributed by atoms with Crippen LogP contribution in [0.25, 0.3) is 0 Å². The zero-order valence-electron chi connectivity index (χ0n) is 11.8. The van der Waals surface area contributed by atoms with Crippen molar-refractivity contribution in [3.8, 4) is 0 Å². The average Bonchev–Trinajstić information content (AvgIpc) is 2.98. The number of likely N-dealkylation sites (tertiary alicyclic amines) is 1. The number of aliphatic hydroxyl groups is 1. The zero-order valence-corrected chi connectivity index (χ0v) is 12.6. The van der Waals surface area contributed by atoms with E-state index in [-0.39, 0.29) is 11.8 Å². The van der Waals surface area contributed by atoms with Crippen molar-refractivity contribution in [2.24, 2.45) is 11.7 Å². The second-order valence-corrected chi connectivity index (χ2v) is 6.35. The van der Waals surface area contributed by atoms with Gasteiger partial charge in [0.05, 0.1) is 13.1 Å². The molecule has 0 aromatic carbocycles. The number of thiophene rings is 1. The molecule has 1 fully saturated rings. The van der Waals surface area contributed by atoms with Crippen LogP contribution in [0.2, 0.25) is 0 Å². The molecule has 4 N–H and O–H groups in total. The first-order chi connectivity index (χ1) is 10.1. The van der Waals surface area contributed by atoms with Gasteiger partial charge in [-0.15, -0.1) is 11.3 Å². The number of rotatable bonds is 6. The molecule has 6 nitrogen and oxygen atoms in total. The highest BCUT2D eigenvalue weighted by Crippen LogP contribution is 2.20. The van der Waals surface area contributed by atoms with Crippen molar-refractivity contribution in [3.05, 3.63) is 22.4 Å². The first kappa shape index (κ1) is 15.9. The van der Waals surface area contributed by atoms with Gasteiger partial charge in [-0.1, -0.05) is 6.07 Å². The van der Waals surface area contributed by atoms with E-state index in [0.717, 1.165) is 4.88 Å². The molecule has 0 radical (unpaired) electrons. The fourth-order valence-electron chi connectivity index (χ4n) is 2.52. The van der Waals surface area contributed by atoms with E-state index < -0.39 is 12.0 Å². The molecule has 2 heterocycles. The molecule has 1 saturated heterocycles. The number of primary amides is 1. The van der Waals surface area contributed by atoms with Crippen LogP contribution < -0.4 is 11.1 Å². The number of carbonyl (C=O) groups is 2. The monoisotopic (exact) mass is 311 g/mol. The maximum Gasteiger partial charge on any atom is 0.246 e. The molecule has 2 rings (SSSR count). The minimum absolute atomic E-state index is 0.00250. The van der Waals surface area contributed by atoms with E-state index in [4.69, 9.17) is 5.73 Å². The molecule has 1 aliphatic rings. The predicted octanol–water partition coefficient (Wildman–Crippen LogP) is -0.0775. The molecule has 1 aliphatic heterocycles. The van der Waals surface area contributed by atoms with Gasteiger partial charge in [0.2, 0.25) is 11.8 Å². The number of hydrogen-bond acceptors (Lipinski definition) is 5. The largest absolute Gasteiger partial charge is 0.383 e. The first-order valence-corrected chi connectivity index (χ1v) is 7.93. The van der Waals surface area contributed by atoms with E-state index in [0.29, 0.717) is 39.0 Å². The Bertz CT molecular complexity index is 470. The molecule has 2 amide bonds. The normalized spacial score (nSPS) is 18.3. The molecule has 1 aromatic rings. The number of nitrogens with zero attached hydrogens (tertiary/aromatic N) is 1. The lowest BCUT2D eigenvalue weighted by atomic mass is 9.91. The highest BCUT2D eigenvalue weighted by molar-refractivity contribution is 7.09. The van der Waals surface area contributed by atoms with E-state index in [1.807, 2.05) is 22.4 Å². The van der Waals surface area contributed by atoms with Gasteiger partial charge in [0, 0.05) is 4.88 Å². The van der Waals surface area contributed by atoms with Crippen LogP contribution in [-0.2, 0) is 16.1 Å². The highest BCUT2D eigenvalue weighted by Gasteiger charge is 2.28. The number of carbonyl (C=O) groups excluding carboxylic acids is 2. The SMILES string of the molecule is NC(=O)[C@@H](O)C1CCN(CC(=O)NCc2cccs2)CC1. The molecule has 116 valence electrons. The maximum absolute atomic E-state index is 11.9. The first-order valence-electron chi connectivity index (χ1n) is 7.05. The highest BCUT2D eigenvalue weighted by atomic mass is 32.1. The third kappa shape index (κ3) is 4.80. The van der Waals surface area contributed by atoms with Crippen molar-refractivity contribution in [1.82, 2.24) is 10.2 Å². The van der Waals surface area contributed by atoms with Gasteiger partial charge >= 0.3 is 0 Å². The van der Waals surface area contributed by atoms with Crippen molar-refractivity contribution in [2.75, 3.05) is 19.6 Å². The van der Waals surface area contributed by atoms with Crippen LogP contribution >= 0.6 is 11.3 Å². The fraction of sp³-hybridized carbons (Fsp3) is 0.571. The van der Waals surface area contributed by atoms with Crippen molar-refractivity contribution in [3.63, 3.8) is 0 Å². The van der Waals surface area contributed by atoms with Crippen LogP contribution in [0, 0.1) is 5.92 Å². The average molecular weight is 311 g/mol. The molecule has 0 aliphatic carbocycles. The number of piperidine rings is 1. The number of hydrogen-bond donors (Lipinski definition) is 3. The van der Waals surface area contributed by atoms with Gasteiger partial charge in [-0.2, -0.15) is 0 Å².